The first kappa shape index (κ1) is 3.71. The lowest BCUT2D eigenvalue weighted by molar-refractivity contribution is 0.495. The third-order valence-corrected chi connectivity index (χ3v) is 3.23. The van der Waals surface area contributed by atoms with Crippen molar-refractivity contribution in [2.75, 3.05) is 0 Å². The molecule has 0 saturated heterocycles. The third-order valence-electron chi connectivity index (χ3n) is 3.23. The maximum absolute atomic E-state index is 1.88. The van der Waals surface area contributed by atoms with E-state index in [2.05, 4.69) is 0 Å². The molecule has 2 saturated carbocycles. The lowest BCUT2D eigenvalue weighted by Crippen LogP contribution is -2.04. The van der Waals surface area contributed by atoms with E-state index in [1.54, 1.807) is 0 Å². The van der Waals surface area contributed by atoms with Crippen molar-refractivity contribution < 1.29 is 0 Å². The lowest BCUT2D eigenvalue weighted by Gasteiger charge is -2.18. The smallest absolute Gasteiger partial charge is 0.0132 e. The van der Waals surface area contributed by atoms with Crippen molar-refractivity contribution in [2.45, 2.75) is 25.7 Å². The predicted molar refractivity (Wildman–Crippen MR) is 32.5 cm³/mol. The summed E-state index contributed by atoms with van der Waals surface area (Å²) in [7, 11) is 0. The van der Waals surface area contributed by atoms with Gasteiger partial charge in [-0.15, -0.1) is 0 Å². The Morgan fingerprint density at radius 3 is 2.62 bits per heavy atom. The SMILES string of the molecule is C1CC2CC3=C1C2C3. The average Bonchev–Trinajstić information content (AvgIpc) is 2.25. The van der Waals surface area contributed by atoms with E-state index in [1.165, 1.54) is 25.7 Å². The van der Waals surface area contributed by atoms with Crippen LogP contribution in [0.1, 0.15) is 25.7 Å². The van der Waals surface area contributed by atoms with Crippen LogP contribution in [0.4, 0.5) is 0 Å². The molecule has 42 valence electrons. The van der Waals surface area contributed by atoms with Crippen LogP contribution in [0.5, 0.6) is 0 Å². The van der Waals surface area contributed by atoms with Crippen LogP contribution in [0.15, 0.2) is 11.1 Å². The fourth-order valence-corrected chi connectivity index (χ4v) is 2.78. The summed E-state index contributed by atoms with van der Waals surface area (Å²) in [6.07, 6.45) is 6.01. The molecule has 0 aliphatic heterocycles. The normalized spacial score (nSPS) is 48.0. The molecule has 0 radical (unpaired) electrons. The molecule has 0 heterocycles. The zero-order valence-corrected chi connectivity index (χ0v) is 4.98. The van der Waals surface area contributed by atoms with E-state index < -0.39 is 0 Å². The van der Waals surface area contributed by atoms with Crippen LogP contribution in [0.2, 0.25) is 0 Å². The van der Waals surface area contributed by atoms with Crippen LogP contribution in [0.3, 0.4) is 0 Å². The highest BCUT2D eigenvalue weighted by molar-refractivity contribution is 5.39. The average molecular weight is 106 g/mol. The van der Waals surface area contributed by atoms with Crippen molar-refractivity contribution in [1.82, 2.24) is 0 Å². The van der Waals surface area contributed by atoms with Crippen LogP contribution >= 0.6 is 0 Å². The molecule has 2 unspecified atom stereocenters. The molecular weight excluding hydrogens is 96.1 g/mol. The quantitative estimate of drug-likeness (QED) is 0.415. The van der Waals surface area contributed by atoms with Gasteiger partial charge in [-0.2, -0.15) is 0 Å². The van der Waals surface area contributed by atoms with Crippen LogP contribution in [0.25, 0.3) is 0 Å². The minimum atomic E-state index is 1.12. The Balaban J connectivity index is 2.25. The van der Waals surface area contributed by atoms with Crippen molar-refractivity contribution in [3.8, 4) is 0 Å². The first-order chi connectivity index (χ1) is 3.95. The summed E-state index contributed by atoms with van der Waals surface area (Å²) in [4.78, 5) is 0. The van der Waals surface area contributed by atoms with Crippen molar-refractivity contribution in [2.24, 2.45) is 11.8 Å². The van der Waals surface area contributed by atoms with E-state index in [9.17, 15) is 0 Å². The molecule has 4 bridgehead atoms. The molecule has 2 fully saturated rings. The minimum absolute atomic E-state index is 1.12. The second-order valence-corrected chi connectivity index (χ2v) is 3.44. The predicted octanol–water partition coefficient (Wildman–Crippen LogP) is 2.12. The Bertz CT molecular complexity index is 176. The van der Waals surface area contributed by atoms with Gasteiger partial charge in [0.25, 0.3) is 0 Å². The summed E-state index contributed by atoms with van der Waals surface area (Å²) < 4.78 is 0. The zero-order chi connectivity index (χ0) is 5.14. The molecular formula is C8H10. The number of rotatable bonds is 0. The van der Waals surface area contributed by atoms with Crippen molar-refractivity contribution in [3.05, 3.63) is 11.1 Å². The molecule has 2 atom stereocenters. The molecule has 4 rings (SSSR count). The van der Waals surface area contributed by atoms with Crippen molar-refractivity contribution in [3.63, 3.8) is 0 Å². The Hall–Kier alpha value is -0.260. The molecule has 0 spiro atoms. The fourth-order valence-electron chi connectivity index (χ4n) is 2.78. The topological polar surface area (TPSA) is 0 Å². The highest BCUT2D eigenvalue weighted by Crippen LogP contribution is 2.60. The van der Waals surface area contributed by atoms with Crippen molar-refractivity contribution >= 4 is 0 Å². The first-order valence-corrected chi connectivity index (χ1v) is 3.66. The Kier molecular flexibility index (Phi) is 0.415. The van der Waals surface area contributed by atoms with E-state index >= 15 is 0 Å². The first-order valence-electron chi connectivity index (χ1n) is 3.66. The maximum Gasteiger partial charge on any atom is -0.0132 e. The Morgan fingerprint density at radius 1 is 1.25 bits per heavy atom. The molecule has 4 aliphatic carbocycles. The molecule has 0 nitrogen and oxygen atoms in total. The molecule has 0 aromatic heterocycles. The van der Waals surface area contributed by atoms with E-state index in [0.29, 0.717) is 0 Å². The highest BCUT2D eigenvalue weighted by Gasteiger charge is 2.47. The van der Waals surface area contributed by atoms with Gasteiger partial charge in [-0.05, 0) is 37.5 Å². The van der Waals surface area contributed by atoms with Crippen LogP contribution in [-0.4, -0.2) is 0 Å². The fraction of sp³-hybridized carbons (Fsp3) is 0.750. The maximum atomic E-state index is 1.88. The molecule has 0 aromatic rings. The molecule has 0 N–H and O–H groups in total. The number of hydrogen-bond acceptors (Lipinski definition) is 0. The Labute approximate surface area is 49.6 Å². The van der Waals surface area contributed by atoms with Crippen LogP contribution in [0, 0.1) is 11.8 Å². The molecule has 0 aromatic carbocycles. The van der Waals surface area contributed by atoms with E-state index in [-0.39, 0.29) is 0 Å². The summed E-state index contributed by atoms with van der Waals surface area (Å²) in [6, 6.07) is 0. The van der Waals surface area contributed by atoms with E-state index in [1.807, 2.05) is 11.1 Å². The second kappa shape index (κ2) is 0.896. The number of allylic oxidation sites excluding steroid dienone is 2. The van der Waals surface area contributed by atoms with Crippen LogP contribution < -0.4 is 0 Å². The van der Waals surface area contributed by atoms with Gasteiger partial charge in [0, 0.05) is 0 Å². The van der Waals surface area contributed by atoms with Crippen LogP contribution in [-0.2, 0) is 0 Å². The standard InChI is InChI=1S/C8H10/c1-2-7-6-3-5(1)8(7)4-6/h5,8H,1-4H2. The molecule has 0 amide bonds. The number of hydrogen-bond donors (Lipinski definition) is 0. The van der Waals surface area contributed by atoms with Crippen molar-refractivity contribution in [1.29, 1.82) is 0 Å². The third kappa shape index (κ3) is 0.211. The van der Waals surface area contributed by atoms with Gasteiger partial charge < -0.3 is 0 Å². The second-order valence-electron chi connectivity index (χ2n) is 3.44. The van der Waals surface area contributed by atoms with E-state index in [4.69, 9.17) is 0 Å². The zero-order valence-electron chi connectivity index (χ0n) is 4.98. The van der Waals surface area contributed by atoms with E-state index in [0.717, 1.165) is 11.8 Å². The van der Waals surface area contributed by atoms with Gasteiger partial charge in [-0.1, -0.05) is 11.1 Å². The summed E-state index contributed by atoms with van der Waals surface area (Å²) in [5.74, 6) is 2.25. The monoisotopic (exact) mass is 106 g/mol. The molecule has 0 heteroatoms. The largest absolute Gasteiger partial charge is 0.0698 e. The van der Waals surface area contributed by atoms with Gasteiger partial charge in [0.2, 0.25) is 0 Å². The summed E-state index contributed by atoms with van der Waals surface area (Å²) >= 11 is 0. The lowest BCUT2D eigenvalue weighted by atomic mass is 9.87. The van der Waals surface area contributed by atoms with Gasteiger partial charge in [-0.3, -0.25) is 0 Å². The van der Waals surface area contributed by atoms with Gasteiger partial charge in [-0.25, -0.2) is 0 Å². The van der Waals surface area contributed by atoms with Gasteiger partial charge in [0.15, 0.2) is 0 Å². The summed E-state index contributed by atoms with van der Waals surface area (Å²) in [6.45, 7) is 0. The van der Waals surface area contributed by atoms with Gasteiger partial charge in [0.1, 0.15) is 0 Å². The van der Waals surface area contributed by atoms with Gasteiger partial charge in [0.05, 0.1) is 0 Å². The summed E-state index contributed by atoms with van der Waals surface area (Å²) in [5, 5.41) is 0. The Morgan fingerprint density at radius 2 is 2.25 bits per heavy atom. The minimum Gasteiger partial charge on any atom is -0.0698 e. The molecule has 8 heavy (non-hydrogen) atoms. The molecule has 4 aliphatic rings. The van der Waals surface area contributed by atoms with Gasteiger partial charge >= 0.3 is 0 Å². The highest BCUT2D eigenvalue weighted by atomic mass is 14.5. The summed E-state index contributed by atoms with van der Waals surface area (Å²) in [5.41, 5.74) is 3.74.